The molecular formula is C14H23BrN2OS. The first-order chi connectivity index (χ1) is 9.10. The second kappa shape index (κ2) is 8.84. The topological polar surface area (TPSA) is 47.3 Å². The number of nitrogens with two attached hydrogens (primary N) is 1. The van der Waals surface area contributed by atoms with Crippen molar-refractivity contribution in [2.24, 2.45) is 5.84 Å². The van der Waals surface area contributed by atoms with E-state index in [1.54, 1.807) is 7.11 Å². The molecule has 2 atom stereocenters. The molecule has 3 N–H and O–H groups in total. The summed E-state index contributed by atoms with van der Waals surface area (Å²) in [6, 6.07) is 6.29. The average Bonchev–Trinajstić information content (AvgIpc) is 2.44. The minimum Gasteiger partial charge on any atom is -0.497 e. The maximum absolute atomic E-state index is 5.66. The van der Waals surface area contributed by atoms with Gasteiger partial charge in [-0.15, -0.1) is 0 Å². The van der Waals surface area contributed by atoms with E-state index in [0.717, 1.165) is 22.4 Å². The monoisotopic (exact) mass is 346 g/mol. The summed E-state index contributed by atoms with van der Waals surface area (Å²) in [6.45, 7) is 4.46. The lowest BCUT2D eigenvalue weighted by Gasteiger charge is -2.19. The molecule has 0 aliphatic carbocycles. The molecule has 0 aliphatic heterocycles. The third kappa shape index (κ3) is 5.73. The van der Waals surface area contributed by atoms with E-state index < -0.39 is 0 Å². The Morgan fingerprint density at radius 1 is 1.47 bits per heavy atom. The molecule has 3 nitrogen and oxygen atoms in total. The molecule has 0 aromatic heterocycles. The fraction of sp³-hybridized carbons (Fsp3) is 0.571. The van der Waals surface area contributed by atoms with Gasteiger partial charge in [-0.3, -0.25) is 11.3 Å². The molecule has 1 aromatic carbocycles. The van der Waals surface area contributed by atoms with E-state index in [1.165, 1.54) is 12.0 Å². The molecule has 108 valence electrons. The van der Waals surface area contributed by atoms with Gasteiger partial charge in [-0.1, -0.05) is 29.8 Å². The van der Waals surface area contributed by atoms with E-state index in [-0.39, 0.29) is 6.04 Å². The van der Waals surface area contributed by atoms with Crippen molar-refractivity contribution in [3.05, 3.63) is 28.2 Å². The molecule has 1 rings (SSSR count). The predicted octanol–water partition coefficient (Wildman–Crippen LogP) is 3.36. The van der Waals surface area contributed by atoms with Crippen molar-refractivity contribution in [3.8, 4) is 5.75 Å². The minimum atomic E-state index is 0.266. The molecule has 0 saturated carbocycles. The Kier molecular flexibility index (Phi) is 7.83. The molecule has 0 radical (unpaired) electrons. The van der Waals surface area contributed by atoms with Crippen molar-refractivity contribution in [1.82, 2.24) is 5.43 Å². The third-order valence-electron chi connectivity index (χ3n) is 3.11. The van der Waals surface area contributed by atoms with E-state index in [1.807, 2.05) is 23.9 Å². The summed E-state index contributed by atoms with van der Waals surface area (Å²) in [5.74, 6) is 7.55. The highest BCUT2D eigenvalue weighted by Gasteiger charge is 2.12. The molecule has 0 saturated heterocycles. The molecule has 2 unspecified atom stereocenters. The molecule has 5 heteroatoms. The summed E-state index contributed by atoms with van der Waals surface area (Å²) < 4.78 is 6.36. The third-order valence-corrected chi connectivity index (χ3v) is 5.38. The van der Waals surface area contributed by atoms with Crippen LogP contribution in [0.5, 0.6) is 5.75 Å². The summed E-state index contributed by atoms with van der Waals surface area (Å²) in [5.41, 5.74) is 4.13. The van der Waals surface area contributed by atoms with Crippen LogP contribution in [0.2, 0.25) is 0 Å². The summed E-state index contributed by atoms with van der Waals surface area (Å²) in [5, 5.41) is 0.671. The Morgan fingerprint density at radius 3 is 2.79 bits per heavy atom. The highest BCUT2D eigenvalue weighted by atomic mass is 79.9. The van der Waals surface area contributed by atoms with Crippen LogP contribution in [0, 0.1) is 0 Å². The van der Waals surface area contributed by atoms with Crippen LogP contribution in [0.15, 0.2) is 22.7 Å². The standard InChI is InChI=1S/C14H23BrN2OS/c1-4-10(2)19-9-12(17-16)7-11-8-13(18-3)5-6-14(11)15/h5-6,8,10,12,17H,4,7,9,16H2,1-3H3. The van der Waals surface area contributed by atoms with Crippen LogP contribution in [0.4, 0.5) is 0 Å². The van der Waals surface area contributed by atoms with E-state index in [2.05, 4.69) is 41.3 Å². The highest BCUT2D eigenvalue weighted by Crippen LogP contribution is 2.25. The van der Waals surface area contributed by atoms with Crippen LogP contribution in [0.1, 0.15) is 25.8 Å². The van der Waals surface area contributed by atoms with Gasteiger partial charge in [0.15, 0.2) is 0 Å². The normalized spacial score (nSPS) is 14.2. The zero-order valence-electron chi connectivity index (χ0n) is 11.8. The number of ether oxygens (including phenoxy) is 1. The first-order valence-corrected chi connectivity index (χ1v) is 8.35. The number of rotatable bonds is 8. The lowest BCUT2D eigenvalue weighted by atomic mass is 10.1. The second-order valence-electron chi connectivity index (χ2n) is 4.58. The van der Waals surface area contributed by atoms with E-state index in [0.29, 0.717) is 5.25 Å². The molecule has 0 heterocycles. The van der Waals surface area contributed by atoms with E-state index in [4.69, 9.17) is 10.6 Å². The van der Waals surface area contributed by atoms with Gasteiger partial charge in [0, 0.05) is 21.5 Å². The zero-order chi connectivity index (χ0) is 14.3. The van der Waals surface area contributed by atoms with Crippen molar-refractivity contribution >= 4 is 27.7 Å². The lowest BCUT2D eigenvalue weighted by molar-refractivity contribution is 0.414. The van der Waals surface area contributed by atoms with Gasteiger partial charge < -0.3 is 4.74 Å². The van der Waals surface area contributed by atoms with E-state index in [9.17, 15) is 0 Å². The maximum atomic E-state index is 5.66. The summed E-state index contributed by atoms with van der Waals surface area (Å²) in [4.78, 5) is 0. The van der Waals surface area contributed by atoms with Crippen LogP contribution in [0.3, 0.4) is 0 Å². The van der Waals surface area contributed by atoms with Gasteiger partial charge in [-0.25, -0.2) is 0 Å². The molecule has 1 aromatic rings. The van der Waals surface area contributed by atoms with E-state index >= 15 is 0 Å². The second-order valence-corrected chi connectivity index (χ2v) is 6.90. The first kappa shape index (κ1) is 16.8. The van der Waals surface area contributed by atoms with Gasteiger partial charge in [-0.2, -0.15) is 11.8 Å². The quantitative estimate of drug-likeness (QED) is 0.559. The van der Waals surface area contributed by atoms with Crippen molar-refractivity contribution in [2.45, 2.75) is 38.0 Å². The predicted molar refractivity (Wildman–Crippen MR) is 87.7 cm³/mol. The van der Waals surface area contributed by atoms with Gasteiger partial charge in [-0.05, 0) is 36.6 Å². The van der Waals surface area contributed by atoms with Gasteiger partial charge in [0.2, 0.25) is 0 Å². The van der Waals surface area contributed by atoms with Crippen LogP contribution in [0.25, 0.3) is 0 Å². The molecule has 0 bridgehead atoms. The summed E-state index contributed by atoms with van der Waals surface area (Å²) in [6.07, 6.45) is 2.07. The van der Waals surface area contributed by atoms with Crippen molar-refractivity contribution in [3.63, 3.8) is 0 Å². The molecular weight excluding hydrogens is 324 g/mol. The number of halogens is 1. The number of hydrazine groups is 1. The van der Waals surface area contributed by atoms with Crippen molar-refractivity contribution < 1.29 is 4.74 Å². The van der Waals surface area contributed by atoms with Crippen LogP contribution in [-0.2, 0) is 6.42 Å². The molecule has 0 amide bonds. The number of methoxy groups -OCH3 is 1. The summed E-state index contributed by atoms with van der Waals surface area (Å²) in [7, 11) is 1.68. The van der Waals surface area contributed by atoms with Gasteiger partial charge in [0.25, 0.3) is 0 Å². The van der Waals surface area contributed by atoms with Crippen LogP contribution >= 0.6 is 27.7 Å². The highest BCUT2D eigenvalue weighted by molar-refractivity contribution is 9.10. The zero-order valence-corrected chi connectivity index (χ0v) is 14.2. The van der Waals surface area contributed by atoms with Crippen LogP contribution < -0.4 is 16.0 Å². The molecule has 0 aliphatic rings. The van der Waals surface area contributed by atoms with Gasteiger partial charge in [0.1, 0.15) is 5.75 Å². The number of hydrogen-bond acceptors (Lipinski definition) is 4. The minimum absolute atomic E-state index is 0.266. The Bertz CT molecular complexity index is 390. The Hall–Kier alpha value is -0.230. The fourth-order valence-corrected chi connectivity index (χ4v) is 3.08. The Labute approximate surface area is 128 Å². The molecule has 19 heavy (non-hydrogen) atoms. The van der Waals surface area contributed by atoms with Gasteiger partial charge >= 0.3 is 0 Å². The number of benzene rings is 1. The number of thioether (sulfide) groups is 1. The number of nitrogens with one attached hydrogen (secondary N) is 1. The average molecular weight is 347 g/mol. The van der Waals surface area contributed by atoms with Crippen LogP contribution in [-0.4, -0.2) is 24.2 Å². The Balaban J connectivity index is 2.64. The largest absolute Gasteiger partial charge is 0.497 e. The summed E-state index contributed by atoms with van der Waals surface area (Å²) >= 11 is 5.54. The van der Waals surface area contributed by atoms with Crippen molar-refractivity contribution in [1.29, 1.82) is 0 Å². The Morgan fingerprint density at radius 2 is 2.21 bits per heavy atom. The lowest BCUT2D eigenvalue weighted by Crippen LogP contribution is -2.39. The number of hydrogen-bond donors (Lipinski definition) is 2. The smallest absolute Gasteiger partial charge is 0.119 e. The molecule has 0 spiro atoms. The molecule has 0 fully saturated rings. The van der Waals surface area contributed by atoms with Gasteiger partial charge in [0.05, 0.1) is 7.11 Å². The SMILES string of the molecule is CCC(C)SCC(Cc1cc(OC)ccc1Br)NN. The maximum Gasteiger partial charge on any atom is 0.119 e. The van der Waals surface area contributed by atoms with Crippen molar-refractivity contribution in [2.75, 3.05) is 12.9 Å². The first-order valence-electron chi connectivity index (χ1n) is 6.50. The fourth-order valence-electron chi connectivity index (χ4n) is 1.66.